The van der Waals surface area contributed by atoms with Gasteiger partial charge in [0.1, 0.15) is 11.2 Å². The van der Waals surface area contributed by atoms with Gasteiger partial charge in [0, 0.05) is 38.8 Å². The van der Waals surface area contributed by atoms with Crippen molar-refractivity contribution < 1.29 is 4.42 Å². The third-order valence-corrected chi connectivity index (χ3v) is 17.1. The topological polar surface area (TPSA) is 16.4 Å². The van der Waals surface area contributed by atoms with Gasteiger partial charge in [0.2, 0.25) is 0 Å². The smallest absolute Gasteiger partial charge is 0.143 e. The van der Waals surface area contributed by atoms with E-state index in [0.717, 1.165) is 56.3 Å². The van der Waals surface area contributed by atoms with Crippen molar-refractivity contribution in [2.24, 2.45) is 23.7 Å². The number of benzene rings is 9. The molecule has 6 aliphatic rings. The minimum absolute atomic E-state index is 0.0685. The fraction of sp³-hybridized carbons (Fsp3) is 0.175. The van der Waals surface area contributed by atoms with E-state index in [9.17, 15) is 0 Å². The van der Waals surface area contributed by atoms with Gasteiger partial charge in [-0.15, -0.1) is 0 Å². The zero-order valence-electron chi connectivity index (χ0n) is 36.3. The summed E-state index contributed by atoms with van der Waals surface area (Å²) in [6.45, 7) is 0. The van der Waals surface area contributed by atoms with E-state index in [1.165, 1.54) is 81.9 Å². The summed E-state index contributed by atoms with van der Waals surface area (Å²) in [6, 6.07) is 76.1. The highest BCUT2D eigenvalue weighted by atomic mass is 16.3. The molecule has 0 amide bonds. The fourth-order valence-electron chi connectivity index (χ4n) is 15.0. The van der Waals surface area contributed by atoms with E-state index in [1.54, 1.807) is 11.1 Å². The molecule has 0 aliphatic heterocycles. The van der Waals surface area contributed by atoms with Crippen molar-refractivity contribution in [3.63, 3.8) is 0 Å². The Balaban J connectivity index is 1.01. The fourth-order valence-corrected chi connectivity index (χ4v) is 15.0. The van der Waals surface area contributed by atoms with E-state index < -0.39 is 5.41 Å². The van der Waals surface area contributed by atoms with E-state index in [4.69, 9.17) is 4.42 Å². The number of fused-ring (bicyclic) bond motifs is 13. The first-order valence-electron chi connectivity index (χ1n) is 23.9. The van der Waals surface area contributed by atoms with Gasteiger partial charge in [-0.3, -0.25) is 0 Å². The Hall–Kier alpha value is -7.16. The second kappa shape index (κ2) is 13.2. The summed E-state index contributed by atoms with van der Waals surface area (Å²) < 4.78 is 6.64. The van der Waals surface area contributed by atoms with Gasteiger partial charge in [0.25, 0.3) is 0 Å². The first-order chi connectivity index (χ1) is 32.2. The predicted molar refractivity (Wildman–Crippen MR) is 266 cm³/mol. The minimum Gasteiger partial charge on any atom is -0.455 e. The van der Waals surface area contributed by atoms with Crippen molar-refractivity contribution in [3.05, 3.63) is 234 Å². The molecule has 2 nitrogen and oxygen atoms in total. The molecule has 2 spiro atoms. The normalized spacial score (nSPS) is 22.6. The molecule has 2 heteroatoms. The summed E-state index contributed by atoms with van der Waals surface area (Å²) in [7, 11) is 0. The zero-order valence-corrected chi connectivity index (χ0v) is 36.3. The highest BCUT2D eigenvalue weighted by Gasteiger charge is 2.64. The Bertz CT molecular complexity index is 3530. The van der Waals surface area contributed by atoms with Crippen LogP contribution in [-0.4, -0.2) is 0 Å². The van der Waals surface area contributed by atoms with Crippen molar-refractivity contribution >= 4 is 49.8 Å². The SMILES string of the molecule is c1cc(-c2cccc3c2oc2ccccc23)cc(N(c2ccc3c(c2)C2(c4ccccc4C34c3ccccc3-c3ccccc34)C3CC4CC(C3)CC2C4)c2ccc3ccccc3c2)c1. The molecule has 0 unspecified atom stereocenters. The van der Waals surface area contributed by atoms with Crippen LogP contribution in [0.25, 0.3) is 55.0 Å². The molecule has 4 bridgehead atoms. The maximum absolute atomic E-state index is 6.64. The van der Waals surface area contributed by atoms with Crippen molar-refractivity contribution in [2.75, 3.05) is 4.90 Å². The Morgan fingerprint density at radius 1 is 0.385 bits per heavy atom. The van der Waals surface area contributed by atoms with Gasteiger partial charge < -0.3 is 9.32 Å². The molecular weight excluding hydrogens is 787 g/mol. The summed E-state index contributed by atoms with van der Waals surface area (Å²) in [4.78, 5) is 2.54. The van der Waals surface area contributed by atoms with Crippen LogP contribution >= 0.6 is 0 Å². The molecule has 1 heterocycles. The summed E-state index contributed by atoms with van der Waals surface area (Å²) >= 11 is 0. The van der Waals surface area contributed by atoms with Crippen LogP contribution in [0.5, 0.6) is 0 Å². The van der Waals surface area contributed by atoms with Crippen molar-refractivity contribution in [1.82, 2.24) is 0 Å². The van der Waals surface area contributed by atoms with Crippen LogP contribution < -0.4 is 4.90 Å². The minimum atomic E-state index is -0.420. The lowest BCUT2D eigenvalue weighted by Crippen LogP contribution is -2.59. The van der Waals surface area contributed by atoms with Gasteiger partial charge in [-0.1, -0.05) is 158 Å². The number of hydrogen-bond acceptors (Lipinski definition) is 2. The molecule has 4 saturated carbocycles. The molecule has 1 aromatic heterocycles. The van der Waals surface area contributed by atoms with Crippen LogP contribution in [0.2, 0.25) is 0 Å². The first kappa shape index (κ1) is 36.2. The van der Waals surface area contributed by atoms with Crippen LogP contribution in [0.15, 0.2) is 205 Å². The average Bonchev–Trinajstić information content (AvgIpc) is 3.88. The van der Waals surface area contributed by atoms with Crippen molar-refractivity contribution in [3.8, 4) is 22.3 Å². The molecular formula is C63H47NO. The Morgan fingerprint density at radius 2 is 0.954 bits per heavy atom. The number of para-hydroxylation sites is 2. The van der Waals surface area contributed by atoms with Crippen LogP contribution in [-0.2, 0) is 10.8 Å². The quantitative estimate of drug-likeness (QED) is 0.176. The van der Waals surface area contributed by atoms with Gasteiger partial charge in [-0.05, 0) is 159 Å². The highest BCUT2D eigenvalue weighted by Crippen LogP contribution is 2.71. The summed E-state index contributed by atoms with van der Waals surface area (Å²) in [5.41, 5.74) is 18.8. The van der Waals surface area contributed by atoms with E-state index in [0.29, 0.717) is 11.8 Å². The second-order valence-corrected chi connectivity index (χ2v) is 20.0. The Morgan fingerprint density at radius 3 is 1.74 bits per heavy atom. The maximum atomic E-state index is 6.64. The molecule has 0 saturated heterocycles. The molecule has 65 heavy (non-hydrogen) atoms. The highest BCUT2D eigenvalue weighted by molar-refractivity contribution is 6.09. The third kappa shape index (κ3) is 4.74. The number of anilines is 3. The monoisotopic (exact) mass is 833 g/mol. The second-order valence-electron chi connectivity index (χ2n) is 20.0. The summed E-state index contributed by atoms with van der Waals surface area (Å²) in [5.74, 6) is 2.91. The van der Waals surface area contributed by atoms with Crippen molar-refractivity contribution in [2.45, 2.75) is 42.9 Å². The van der Waals surface area contributed by atoms with Gasteiger partial charge in [0.15, 0.2) is 0 Å². The van der Waals surface area contributed by atoms with E-state index in [1.807, 2.05) is 0 Å². The van der Waals surface area contributed by atoms with Gasteiger partial charge in [0.05, 0.1) is 5.41 Å². The third-order valence-electron chi connectivity index (χ3n) is 17.1. The molecule has 0 radical (unpaired) electrons. The van der Waals surface area contributed by atoms with E-state index >= 15 is 0 Å². The lowest BCUT2D eigenvalue weighted by molar-refractivity contribution is -0.0440. The Labute approximate surface area is 379 Å². The summed E-state index contributed by atoms with van der Waals surface area (Å²) in [5, 5.41) is 4.78. The number of nitrogens with zero attached hydrogens (tertiary/aromatic N) is 1. The first-order valence-corrected chi connectivity index (χ1v) is 23.9. The van der Waals surface area contributed by atoms with Gasteiger partial charge >= 0.3 is 0 Å². The van der Waals surface area contributed by atoms with Gasteiger partial charge in [-0.25, -0.2) is 0 Å². The molecule has 310 valence electrons. The number of rotatable bonds is 4. The predicted octanol–water partition coefficient (Wildman–Crippen LogP) is 16.3. The zero-order chi connectivity index (χ0) is 42.4. The number of furan rings is 1. The van der Waals surface area contributed by atoms with Gasteiger partial charge in [-0.2, -0.15) is 0 Å². The van der Waals surface area contributed by atoms with Crippen LogP contribution in [0, 0.1) is 23.7 Å². The van der Waals surface area contributed by atoms with Crippen molar-refractivity contribution in [1.29, 1.82) is 0 Å². The van der Waals surface area contributed by atoms with Crippen LogP contribution in [0.1, 0.15) is 65.5 Å². The van der Waals surface area contributed by atoms with Crippen LogP contribution in [0.3, 0.4) is 0 Å². The standard InChI is InChI=1S/C63H47NO/c1-2-14-42-36-47(28-27-41(42)13-1)64(46-16-11-15-43(37-46)49-20-12-21-53-52-19-5-10-26-60(52)65-61(49)53)48-29-30-58-59(38-48)62(44-32-39-31-40(34-44)35-45(62)33-39)56-24-8-9-25-57(56)63(58)54-22-6-3-17-50(54)51-18-4-7-23-55(51)63/h1-30,36-40,44-45H,31-35H2. The Kier molecular flexibility index (Phi) is 7.36. The molecule has 0 atom stereocenters. The molecule has 10 aromatic rings. The lowest BCUT2D eigenvalue weighted by Gasteiger charge is -2.65. The molecule has 16 rings (SSSR count). The average molecular weight is 834 g/mol. The lowest BCUT2D eigenvalue weighted by atomic mass is 9.38. The maximum Gasteiger partial charge on any atom is 0.143 e. The summed E-state index contributed by atoms with van der Waals surface area (Å²) in [6.07, 6.45) is 6.74. The number of hydrogen-bond donors (Lipinski definition) is 0. The molecule has 4 fully saturated rings. The van der Waals surface area contributed by atoms with Crippen LogP contribution in [0.4, 0.5) is 17.1 Å². The molecule has 0 N–H and O–H groups in total. The van der Waals surface area contributed by atoms with E-state index in [2.05, 4.69) is 205 Å². The largest absolute Gasteiger partial charge is 0.455 e. The van der Waals surface area contributed by atoms with E-state index in [-0.39, 0.29) is 5.41 Å². The molecule has 6 aliphatic carbocycles. The molecule has 9 aromatic carbocycles.